The number of hydrogen-bond donors (Lipinski definition) is 1. The average Bonchev–Trinajstić information content (AvgIpc) is 2.91. The van der Waals surface area contributed by atoms with E-state index in [9.17, 15) is 14.4 Å². The molecule has 3 aromatic rings. The summed E-state index contributed by atoms with van der Waals surface area (Å²) in [6.07, 6.45) is 1.43. The topological polar surface area (TPSA) is 117 Å². The number of rotatable bonds is 7. The van der Waals surface area contributed by atoms with E-state index in [1.807, 2.05) is 12.1 Å². The summed E-state index contributed by atoms with van der Waals surface area (Å²) in [5, 5.41) is 9.98. The highest BCUT2D eigenvalue weighted by atomic mass is 19.1. The minimum absolute atomic E-state index is 0.0790. The van der Waals surface area contributed by atoms with Crippen LogP contribution in [0.15, 0.2) is 65.7 Å². The second kappa shape index (κ2) is 10.4. The highest BCUT2D eigenvalue weighted by Gasteiger charge is 2.33. The van der Waals surface area contributed by atoms with E-state index >= 15 is 0 Å². The lowest BCUT2D eigenvalue weighted by Crippen LogP contribution is -2.20. The van der Waals surface area contributed by atoms with Gasteiger partial charge in [-0.1, -0.05) is 6.07 Å². The van der Waals surface area contributed by atoms with Crippen molar-refractivity contribution in [2.75, 3.05) is 14.2 Å². The zero-order valence-corrected chi connectivity index (χ0v) is 20.7. The molecule has 0 spiro atoms. The van der Waals surface area contributed by atoms with Crippen LogP contribution in [0, 0.1) is 24.2 Å². The average molecular weight is 502 g/mol. The van der Waals surface area contributed by atoms with E-state index in [-0.39, 0.29) is 17.2 Å². The van der Waals surface area contributed by atoms with E-state index in [0.29, 0.717) is 51.6 Å². The summed E-state index contributed by atoms with van der Waals surface area (Å²) >= 11 is 0. The molecule has 9 heteroatoms. The van der Waals surface area contributed by atoms with Crippen molar-refractivity contribution in [3.05, 3.63) is 88.3 Å². The first-order valence-corrected chi connectivity index (χ1v) is 11.2. The quantitative estimate of drug-likeness (QED) is 0.356. The smallest absolute Gasteiger partial charge is 0.298 e. The normalized spacial score (nSPS) is 15.1. The summed E-state index contributed by atoms with van der Waals surface area (Å²) in [4.78, 5) is 15.0. The molecule has 0 bridgehead atoms. The molecule has 37 heavy (non-hydrogen) atoms. The maximum absolute atomic E-state index is 13.8. The van der Waals surface area contributed by atoms with Crippen molar-refractivity contribution >= 4 is 12.2 Å². The van der Waals surface area contributed by atoms with Crippen LogP contribution < -0.4 is 19.9 Å². The second-order valence-electron chi connectivity index (χ2n) is 8.30. The third-order valence-electron chi connectivity index (χ3n) is 6.17. The predicted octanol–water partition coefficient (Wildman–Crippen LogP) is 4.99. The number of carbonyl (C=O) groups is 1. The molecule has 8 nitrogen and oxygen atoms in total. The number of nitrogens with two attached hydrogens (primary N) is 1. The van der Waals surface area contributed by atoms with Crippen LogP contribution >= 0.6 is 0 Å². The lowest BCUT2D eigenvalue weighted by atomic mass is 9.82. The Morgan fingerprint density at radius 1 is 1.08 bits per heavy atom. The van der Waals surface area contributed by atoms with Crippen molar-refractivity contribution in [3.8, 4) is 34.4 Å². The van der Waals surface area contributed by atoms with Crippen molar-refractivity contribution in [1.82, 2.24) is 4.98 Å². The van der Waals surface area contributed by atoms with E-state index < -0.39 is 11.9 Å². The van der Waals surface area contributed by atoms with Gasteiger partial charge < -0.3 is 24.7 Å². The van der Waals surface area contributed by atoms with Crippen molar-refractivity contribution in [3.63, 3.8) is 0 Å². The number of aromatic nitrogens is 1. The molecule has 2 heterocycles. The SMILES string of the molecule is COc1ccc(OC=O)c(C2=C(C)C(c3ccc(OC)c(-c4cnc(F)c(C)c4)c3)C(C#N)=C(N)O2)c1. The molecule has 4 rings (SSSR count). The van der Waals surface area contributed by atoms with E-state index in [2.05, 4.69) is 11.1 Å². The standard InChI is InChI=1S/C28H24FN3O5/c1-15-9-18(13-32-27(15)29)20-10-17(5-7-23(20)35-4)25-16(2)26(37-28(31)22(25)12-30)21-11-19(34-3)6-8-24(21)36-14-33/h5-11,13-14,25H,31H2,1-4H3. The minimum atomic E-state index is -0.594. The minimum Gasteiger partial charge on any atom is -0.497 e. The van der Waals surface area contributed by atoms with Crippen LogP contribution in [0.2, 0.25) is 0 Å². The lowest BCUT2D eigenvalue weighted by Gasteiger charge is -2.28. The zero-order chi connectivity index (χ0) is 26.7. The van der Waals surface area contributed by atoms with Gasteiger partial charge in [0, 0.05) is 28.8 Å². The monoisotopic (exact) mass is 501 g/mol. The fourth-order valence-electron chi connectivity index (χ4n) is 4.34. The van der Waals surface area contributed by atoms with Gasteiger partial charge >= 0.3 is 0 Å². The molecule has 1 unspecified atom stereocenters. The number of hydrogen-bond acceptors (Lipinski definition) is 8. The Bertz CT molecular complexity index is 1490. The number of carbonyl (C=O) groups excluding carboxylic acids is 1. The van der Waals surface area contributed by atoms with Crippen molar-refractivity contribution in [1.29, 1.82) is 5.26 Å². The van der Waals surface area contributed by atoms with Crippen LogP contribution in [0.1, 0.15) is 29.5 Å². The lowest BCUT2D eigenvalue weighted by molar-refractivity contribution is -0.120. The number of nitrogens with zero attached hydrogens (tertiary/aromatic N) is 2. The molecular formula is C28H24FN3O5. The number of ether oxygens (including phenoxy) is 4. The van der Waals surface area contributed by atoms with Crippen molar-refractivity contribution in [2.45, 2.75) is 19.8 Å². The number of methoxy groups -OCH3 is 2. The van der Waals surface area contributed by atoms with Crippen LogP contribution in [-0.4, -0.2) is 25.7 Å². The fourth-order valence-corrected chi connectivity index (χ4v) is 4.34. The van der Waals surface area contributed by atoms with Crippen LogP contribution in [0.5, 0.6) is 17.2 Å². The summed E-state index contributed by atoms with van der Waals surface area (Å²) < 4.78 is 35.8. The van der Waals surface area contributed by atoms with Gasteiger partial charge in [-0.25, -0.2) is 4.98 Å². The highest BCUT2D eigenvalue weighted by molar-refractivity contribution is 5.77. The first-order chi connectivity index (χ1) is 17.8. The number of allylic oxidation sites excluding steroid dienone is 2. The van der Waals surface area contributed by atoms with Gasteiger partial charge in [-0.05, 0) is 61.4 Å². The molecule has 188 valence electrons. The Morgan fingerprint density at radius 2 is 1.84 bits per heavy atom. The molecule has 0 aliphatic carbocycles. The molecule has 2 aromatic carbocycles. The Morgan fingerprint density at radius 3 is 2.49 bits per heavy atom. The fraction of sp³-hybridized carbons (Fsp3) is 0.179. The van der Waals surface area contributed by atoms with Gasteiger partial charge in [-0.15, -0.1) is 0 Å². The highest BCUT2D eigenvalue weighted by Crippen LogP contribution is 2.46. The summed E-state index contributed by atoms with van der Waals surface area (Å²) in [6.45, 7) is 3.75. The van der Waals surface area contributed by atoms with Crippen LogP contribution in [-0.2, 0) is 9.53 Å². The Balaban J connectivity index is 1.93. The molecule has 0 saturated carbocycles. The Kier molecular flexibility index (Phi) is 7.11. The van der Waals surface area contributed by atoms with Gasteiger partial charge in [0.2, 0.25) is 11.8 Å². The molecule has 0 fully saturated rings. The van der Waals surface area contributed by atoms with Crippen molar-refractivity contribution < 1.29 is 28.1 Å². The number of aryl methyl sites for hydroxylation is 1. The van der Waals surface area contributed by atoms with Gasteiger partial charge in [0.15, 0.2) is 0 Å². The molecule has 1 atom stereocenters. The molecule has 0 amide bonds. The number of pyridine rings is 1. The second-order valence-corrected chi connectivity index (χ2v) is 8.30. The molecule has 1 aliphatic heterocycles. The largest absolute Gasteiger partial charge is 0.497 e. The van der Waals surface area contributed by atoms with Crippen LogP contribution in [0.4, 0.5) is 4.39 Å². The summed E-state index contributed by atoms with van der Waals surface area (Å²) in [5.74, 6) is 0.395. The zero-order valence-electron chi connectivity index (χ0n) is 20.7. The molecule has 0 saturated heterocycles. The van der Waals surface area contributed by atoms with Gasteiger partial charge in [-0.2, -0.15) is 9.65 Å². The van der Waals surface area contributed by atoms with Crippen LogP contribution in [0.3, 0.4) is 0 Å². The summed E-state index contributed by atoms with van der Waals surface area (Å²) in [6, 6.07) is 14.2. The molecule has 1 aliphatic rings. The third-order valence-corrected chi connectivity index (χ3v) is 6.17. The molecular weight excluding hydrogens is 477 g/mol. The third kappa shape index (κ3) is 4.69. The maximum atomic E-state index is 13.8. The number of nitriles is 1. The van der Waals surface area contributed by atoms with E-state index in [4.69, 9.17) is 24.7 Å². The Hall–Kier alpha value is -4.84. The molecule has 2 N–H and O–H groups in total. The van der Waals surface area contributed by atoms with Crippen molar-refractivity contribution in [2.24, 2.45) is 5.73 Å². The van der Waals surface area contributed by atoms with E-state index in [1.165, 1.54) is 20.4 Å². The molecule has 0 radical (unpaired) electrons. The maximum Gasteiger partial charge on any atom is 0.298 e. The van der Waals surface area contributed by atoms with Gasteiger partial charge in [-0.3, -0.25) is 4.79 Å². The van der Waals surface area contributed by atoms with E-state index in [0.717, 1.165) is 5.56 Å². The first-order valence-electron chi connectivity index (χ1n) is 11.2. The summed E-state index contributed by atoms with van der Waals surface area (Å²) in [5.41, 5.74) is 9.94. The summed E-state index contributed by atoms with van der Waals surface area (Å²) in [7, 11) is 3.05. The van der Waals surface area contributed by atoms with Gasteiger partial charge in [0.25, 0.3) is 6.47 Å². The number of halogens is 1. The predicted molar refractivity (Wildman–Crippen MR) is 134 cm³/mol. The van der Waals surface area contributed by atoms with Gasteiger partial charge in [0.05, 0.1) is 19.8 Å². The Labute approximate surface area is 213 Å². The number of benzene rings is 2. The molecule has 1 aromatic heterocycles. The van der Waals surface area contributed by atoms with Gasteiger partial charge in [0.1, 0.15) is 34.7 Å². The van der Waals surface area contributed by atoms with Crippen LogP contribution in [0.25, 0.3) is 16.9 Å². The first kappa shape index (κ1) is 25.3. The van der Waals surface area contributed by atoms with E-state index in [1.54, 1.807) is 44.2 Å².